The van der Waals surface area contributed by atoms with Crippen LogP contribution in [0.4, 0.5) is 11.4 Å². The lowest BCUT2D eigenvalue weighted by molar-refractivity contribution is -0.384. The smallest absolute Gasteiger partial charge is 0.292 e. The molecule has 0 amide bonds. The molecule has 0 heterocycles. The average Bonchev–Trinajstić information content (AvgIpc) is 2.38. The van der Waals surface area contributed by atoms with Crippen LogP contribution in [0.15, 0.2) is 18.2 Å². The lowest BCUT2D eigenvalue weighted by atomic mass is 10.1. The number of aliphatic hydroxyl groups is 1. The van der Waals surface area contributed by atoms with Crippen molar-refractivity contribution in [1.82, 2.24) is 4.90 Å². The Morgan fingerprint density at radius 2 is 2.16 bits per heavy atom. The zero-order valence-electron chi connectivity index (χ0n) is 11.2. The van der Waals surface area contributed by atoms with Gasteiger partial charge in [-0.05, 0) is 24.6 Å². The number of hydrogen-bond acceptors (Lipinski definition) is 5. The fourth-order valence-corrected chi connectivity index (χ4v) is 1.90. The first-order valence-corrected chi connectivity index (χ1v) is 6.44. The quantitative estimate of drug-likeness (QED) is 0.425. The van der Waals surface area contributed by atoms with E-state index in [1.54, 1.807) is 12.1 Å². The zero-order chi connectivity index (χ0) is 14.3. The summed E-state index contributed by atoms with van der Waals surface area (Å²) in [6.07, 6.45) is 2.11. The van der Waals surface area contributed by atoms with Crippen LogP contribution in [-0.2, 0) is 6.54 Å². The van der Waals surface area contributed by atoms with Crippen molar-refractivity contribution in [2.45, 2.75) is 26.3 Å². The van der Waals surface area contributed by atoms with Gasteiger partial charge in [0.1, 0.15) is 5.69 Å². The van der Waals surface area contributed by atoms with Crippen molar-refractivity contribution < 1.29 is 10.0 Å². The molecule has 0 atom stereocenters. The van der Waals surface area contributed by atoms with E-state index in [2.05, 4.69) is 11.8 Å². The highest BCUT2D eigenvalue weighted by Gasteiger charge is 2.13. The number of benzene rings is 1. The molecule has 6 nitrogen and oxygen atoms in total. The topological polar surface area (TPSA) is 92.6 Å². The van der Waals surface area contributed by atoms with Crippen molar-refractivity contribution in [2.75, 3.05) is 25.4 Å². The maximum Gasteiger partial charge on any atom is 0.292 e. The molecule has 1 rings (SSSR count). The van der Waals surface area contributed by atoms with Crippen LogP contribution in [0.2, 0.25) is 0 Å². The van der Waals surface area contributed by atoms with E-state index in [4.69, 9.17) is 10.8 Å². The number of anilines is 1. The summed E-state index contributed by atoms with van der Waals surface area (Å²) in [5.41, 5.74) is 6.52. The number of aliphatic hydroxyl groups excluding tert-OH is 1. The molecule has 0 aliphatic carbocycles. The maximum absolute atomic E-state index is 10.8. The normalized spacial score (nSPS) is 10.9. The molecule has 1 aromatic carbocycles. The zero-order valence-corrected chi connectivity index (χ0v) is 11.2. The van der Waals surface area contributed by atoms with Gasteiger partial charge in [-0.1, -0.05) is 19.4 Å². The highest BCUT2D eigenvalue weighted by molar-refractivity contribution is 5.59. The van der Waals surface area contributed by atoms with E-state index in [0.29, 0.717) is 13.1 Å². The molecule has 0 radical (unpaired) electrons. The Kier molecular flexibility index (Phi) is 6.24. The largest absolute Gasteiger partial charge is 0.395 e. The van der Waals surface area contributed by atoms with Crippen molar-refractivity contribution in [3.63, 3.8) is 0 Å². The summed E-state index contributed by atoms with van der Waals surface area (Å²) in [6.45, 7) is 4.21. The first-order valence-electron chi connectivity index (χ1n) is 6.44. The third kappa shape index (κ3) is 4.84. The van der Waals surface area contributed by atoms with Crippen LogP contribution in [0.1, 0.15) is 25.3 Å². The number of nitrogens with two attached hydrogens (primary N) is 1. The van der Waals surface area contributed by atoms with Crippen LogP contribution in [0.25, 0.3) is 0 Å². The molecule has 0 aromatic heterocycles. The fraction of sp³-hybridized carbons (Fsp3) is 0.538. The molecule has 0 aliphatic rings. The second-order valence-electron chi connectivity index (χ2n) is 4.50. The highest BCUT2D eigenvalue weighted by Crippen LogP contribution is 2.23. The molecule has 19 heavy (non-hydrogen) atoms. The van der Waals surface area contributed by atoms with E-state index >= 15 is 0 Å². The van der Waals surface area contributed by atoms with Crippen LogP contribution < -0.4 is 5.73 Å². The van der Waals surface area contributed by atoms with Crippen molar-refractivity contribution in [3.05, 3.63) is 33.9 Å². The molecule has 6 heteroatoms. The molecular formula is C13H21N3O3. The summed E-state index contributed by atoms with van der Waals surface area (Å²) in [7, 11) is 0. The van der Waals surface area contributed by atoms with Crippen molar-refractivity contribution in [2.24, 2.45) is 0 Å². The Bertz CT molecular complexity index is 424. The Morgan fingerprint density at radius 1 is 1.42 bits per heavy atom. The van der Waals surface area contributed by atoms with Gasteiger partial charge in [-0.2, -0.15) is 0 Å². The predicted octanol–water partition coefficient (Wildman–Crippen LogP) is 1.77. The summed E-state index contributed by atoms with van der Waals surface area (Å²) >= 11 is 0. The number of nitrogen functional groups attached to an aromatic ring is 1. The molecular weight excluding hydrogens is 246 g/mol. The molecule has 0 bridgehead atoms. The minimum Gasteiger partial charge on any atom is -0.395 e. The van der Waals surface area contributed by atoms with Gasteiger partial charge in [-0.15, -0.1) is 0 Å². The highest BCUT2D eigenvalue weighted by atomic mass is 16.6. The predicted molar refractivity (Wildman–Crippen MR) is 74.8 cm³/mol. The third-order valence-electron chi connectivity index (χ3n) is 2.94. The number of nitrogens with zero attached hydrogens (tertiary/aromatic N) is 2. The van der Waals surface area contributed by atoms with E-state index in [1.165, 1.54) is 6.07 Å². The van der Waals surface area contributed by atoms with Crippen LogP contribution in [0, 0.1) is 10.1 Å². The number of rotatable bonds is 8. The number of hydrogen-bond donors (Lipinski definition) is 2. The van der Waals surface area contributed by atoms with E-state index < -0.39 is 4.92 Å². The van der Waals surface area contributed by atoms with Gasteiger partial charge in [0.2, 0.25) is 0 Å². The number of nitro groups is 1. The molecule has 3 N–H and O–H groups in total. The first kappa shape index (κ1) is 15.4. The van der Waals surface area contributed by atoms with Crippen molar-refractivity contribution >= 4 is 11.4 Å². The summed E-state index contributed by atoms with van der Waals surface area (Å²) in [5.74, 6) is 0. The van der Waals surface area contributed by atoms with Gasteiger partial charge in [-0.3, -0.25) is 15.0 Å². The Balaban J connectivity index is 2.78. The Hall–Kier alpha value is -1.66. The lowest BCUT2D eigenvalue weighted by Crippen LogP contribution is -2.27. The standard InChI is InChI=1S/C13H21N3O3/c1-2-3-6-15(7-8-17)10-11-4-5-12(14)13(9-11)16(18)19/h4-5,9,17H,2-3,6-8,10,14H2,1H3. The van der Waals surface area contributed by atoms with Crippen LogP contribution in [0.5, 0.6) is 0 Å². The first-order chi connectivity index (χ1) is 9.08. The summed E-state index contributed by atoms with van der Waals surface area (Å²) in [6, 6.07) is 4.86. The lowest BCUT2D eigenvalue weighted by Gasteiger charge is -2.21. The average molecular weight is 267 g/mol. The minimum atomic E-state index is -0.471. The van der Waals surface area contributed by atoms with Gasteiger partial charge in [0.15, 0.2) is 0 Å². The monoisotopic (exact) mass is 267 g/mol. The van der Waals surface area contributed by atoms with E-state index in [0.717, 1.165) is 24.9 Å². The van der Waals surface area contributed by atoms with Gasteiger partial charge >= 0.3 is 0 Å². The SMILES string of the molecule is CCCCN(CCO)Cc1ccc(N)c([N+](=O)[O-])c1. The van der Waals surface area contributed by atoms with Crippen molar-refractivity contribution in [3.8, 4) is 0 Å². The molecule has 0 saturated heterocycles. The minimum absolute atomic E-state index is 0.0584. The van der Waals surface area contributed by atoms with Gasteiger partial charge < -0.3 is 10.8 Å². The number of nitro benzene ring substituents is 1. The fourth-order valence-electron chi connectivity index (χ4n) is 1.90. The summed E-state index contributed by atoms with van der Waals surface area (Å²) in [4.78, 5) is 12.4. The molecule has 0 fully saturated rings. The summed E-state index contributed by atoms with van der Waals surface area (Å²) in [5, 5.41) is 19.9. The van der Waals surface area contributed by atoms with Crippen molar-refractivity contribution in [1.29, 1.82) is 0 Å². The molecule has 1 aromatic rings. The molecule has 0 unspecified atom stereocenters. The second kappa shape index (κ2) is 7.70. The molecule has 0 spiro atoms. The molecule has 0 aliphatic heterocycles. The van der Waals surface area contributed by atoms with Crippen LogP contribution in [-0.4, -0.2) is 34.6 Å². The van der Waals surface area contributed by atoms with Gasteiger partial charge in [0.05, 0.1) is 11.5 Å². The molecule has 0 saturated carbocycles. The Labute approximate surface area is 113 Å². The molecule has 106 valence electrons. The third-order valence-corrected chi connectivity index (χ3v) is 2.94. The van der Waals surface area contributed by atoms with Crippen LogP contribution >= 0.6 is 0 Å². The van der Waals surface area contributed by atoms with E-state index in [-0.39, 0.29) is 18.0 Å². The van der Waals surface area contributed by atoms with Gasteiger partial charge in [0, 0.05) is 19.2 Å². The van der Waals surface area contributed by atoms with Crippen LogP contribution in [0.3, 0.4) is 0 Å². The van der Waals surface area contributed by atoms with E-state index in [1.807, 2.05) is 0 Å². The van der Waals surface area contributed by atoms with Gasteiger partial charge in [-0.25, -0.2) is 0 Å². The maximum atomic E-state index is 10.8. The second-order valence-corrected chi connectivity index (χ2v) is 4.50. The van der Waals surface area contributed by atoms with Gasteiger partial charge in [0.25, 0.3) is 5.69 Å². The number of unbranched alkanes of at least 4 members (excludes halogenated alkanes) is 1. The summed E-state index contributed by atoms with van der Waals surface area (Å²) < 4.78 is 0. The Morgan fingerprint density at radius 3 is 2.74 bits per heavy atom. The van der Waals surface area contributed by atoms with E-state index in [9.17, 15) is 10.1 Å².